The predicted octanol–water partition coefficient (Wildman–Crippen LogP) is 5.33. The maximum absolute atomic E-state index is 14.4. The second-order valence-corrected chi connectivity index (χ2v) is 11.3. The van der Waals surface area contributed by atoms with Gasteiger partial charge in [0.1, 0.15) is 11.9 Å². The number of amides is 1. The summed E-state index contributed by atoms with van der Waals surface area (Å²) in [5.74, 6) is 1.75. The van der Waals surface area contributed by atoms with Crippen molar-refractivity contribution in [2.45, 2.75) is 33.2 Å². The molecule has 1 aliphatic heterocycles. The van der Waals surface area contributed by atoms with Crippen LogP contribution in [0.2, 0.25) is 0 Å². The number of methoxy groups -OCH3 is 3. The van der Waals surface area contributed by atoms with Gasteiger partial charge in [-0.2, -0.15) is 0 Å². The number of para-hydroxylation sites is 1. The number of carbonyl (C=O) groups is 1. The third-order valence-corrected chi connectivity index (χ3v) is 8.01. The van der Waals surface area contributed by atoms with Gasteiger partial charge in [0, 0.05) is 37.4 Å². The Bertz CT molecular complexity index is 1630. The van der Waals surface area contributed by atoms with Crippen molar-refractivity contribution in [3.05, 3.63) is 76.6 Å². The number of nitrogens with zero attached hydrogens (tertiary/aromatic N) is 4. The van der Waals surface area contributed by atoms with Gasteiger partial charge in [0.05, 0.1) is 32.2 Å². The van der Waals surface area contributed by atoms with Crippen LogP contribution in [-0.2, 0) is 4.79 Å². The summed E-state index contributed by atoms with van der Waals surface area (Å²) in [5.41, 5.74) is 3.24. The highest BCUT2D eigenvalue weighted by Crippen LogP contribution is 2.41. The first-order valence-corrected chi connectivity index (χ1v) is 14.7. The largest absolute Gasteiger partial charge is 0.493 e. The van der Waals surface area contributed by atoms with E-state index in [0.717, 1.165) is 5.69 Å². The third-order valence-electron chi connectivity index (χ3n) is 8.01. The number of benzene rings is 3. The van der Waals surface area contributed by atoms with Crippen molar-refractivity contribution in [3.8, 4) is 28.6 Å². The van der Waals surface area contributed by atoms with Gasteiger partial charge >= 0.3 is 0 Å². The molecule has 9 heteroatoms. The molecule has 226 valence electrons. The lowest BCUT2D eigenvalue weighted by atomic mass is 10.0. The van der Waals surface area contributed by atoms with Crippen LogP contribution in [0.5, 0.6) is 17.2 Å². The molecule has 1 aromatic heterocycles. The molecule has 0 bridgehead atoms. The van der Waals surface area contributed by atoms with Crippen LogP contribution in [0.1, 0.15) is 31.9 Å². The molecule has 5 rings (SSSR count). The Hall–Kier alpha value is -4.53. The summed E-state index contributed by atoms with van der Waals surface area (Å²) in [5, 5.41) is 0.462. The molecule has 0 aliphatic carbocycles. The van der Waals surface area contributed by atoms with Gasteiger partial charge in [0.25, 0.3) is 5.56 Å². The summed E-state index contributed by atoms with van der Waals surface area (Å²) >= 11 is 0. The summed E-state index contributed by atoms with van der Waals surface area (Å²) in [6.45, 7) is 8.77. The predicted molar refractivity (Wildman–Crippen MR) is 170 cm³/mol. The Morgan fingerprint density at radius 3 is 2.09 bits per heavy atom. The second kappa shape index (κ2) is 12.8. The maximum Gasteiger partial charge on any atom is 0.262 e. The van der Waals surface area contributed by atoms with E-state index in [2.05, 4.69) is 49.9 Å². The first-order chi connectivity index (χ1) is 20.7. The van der Waals surface area contributed by atoms with Gasteiger partial charge in [-0.05, 0) is 55.7 Å². The van der Waals surface area contributed by atoms with Crippen molar-refractivity contribution in [2.24, 2.45) is 5.92 Å². The maximum atomic E-state index is 14.4. The number of hydrogen-bond donors (Lipinski definition) is 0. The summed E-state index contributed by atoms with van der Waals surface area (Å²) < 4.78 is 18.4. The van der Waals surface area contributed by atoms with E-state index in [-0.39, 0.29) is 17.4 Å². The van der Waals surface area contributed by atoms with E-state index in [1.807, 2.05) is 23.1 Å². The average molecular weight is 585 g/mol. The molecule has 3 aromatic carbocycles. The average Bonchev–Trinajstić information content (AvgIpc) is 3.03. The van der Waals surface area contributed by atoms with E-state index in [4.69, 9.17) is 19.2 Å². The Balaban J connectivity index is 1.60. The van der Waals surface area contributed by atoms with Crippen LogP contribution in [0.4, 0.5) is 5.69 Å². The first kappa shape index (κ1) is 29.9. The molecule has 2 heterocycles. The lowest BCUT2D eigenvalue weighted by molar-refractivity contribution is -0.135. The monoisotopic (exact) mass is 584 g/mol. The molecular weight excluding hydrogens is 544 g/mol. The number of carbonyl (C=O) groups excluding carboxylic acids is 1. The van der Waals surface area contributed by atoms with Gasteiger partial charge in [-0.3, -0.25) is 14.2 Å². The van der Waals surface area contributed by atoms with E-state index >= 15 is 0 Å². The zero-order valence-corrected chi connectivity index (χ0v) is 25.8. The van der Waals surface area contributed by atoms with Gasteiger partial charge in [-0.1, -0.05) is 43.7 Å². The van der Waals surface area contributed by atoms with Gasteiger partial charge in [-0.15, -0.1) is 0 Å². The molecule has 1 saturated heterocycles. The fraction of sp³-hybridized carbons (Fsp3) is 0.382. The van der Waals surface area contributed by atoms with Crippen LogP contribution in [0.25, 0.3) is 22.3 Å². The number of fused-ring (bicyclic) bond motifs is 1. The van der Waals surface area contributed by atoms with E-state index in [1.165, 1.54) is 5.56 Å². The molecule has 1 aliphatic rings. The van der Waals surface area contributed by atoms with Crippen molar-refractivity contribution in [3.63, 3.8) is 0 Å². The summed E-state index contributed by atoms with van der Waals surface area (Å²) in [6, 6.07) is 18.5. The highest BCUT2D eigenvalue weighted by molar-refractivity contribution is 5.85. The molecule has 1 fully saturated rings. The molecule has 1 unspecified atom stereocenters. The molecule has 1 amide bonds. The van der Waals surface area contributed by atoms with E-state index < -0.39 is 6.04 Å². The van der Waals surface area contributed by atoms with Gasteiger partial charge in [-0.25, -0.2) is 4.98 Å². The highest BCUT2D eigenvalue weighted by atomic mass is 16.5. The van der Waals surface area contributed by atoms with Gasteiger partial charge in [0.2, 0.25) is 11.7 Å². The number of aryl methyl sites for hydroxylation is 1. The summed E-state index contributed by atoms with van der Waals surface area (Å²) in [6.07, 6.45) is 0.481. The van der Waals surface area contributed by atoms with E-state index in [1.54, 1.807) is 44.1 Å². The standard InChI is InChI=1S/C34H40N4O5/c1-22(2)19-28(34(40)37-17-15-36(16-18-37)25-13-11-23(3)12-14-25)38-32(35-27-10-8-7-9-26(27)33(38)39)24-20-29(41-4)31(43-6)30(21-24)42-5/h7-14,20-22,28H,15-19H2,1-6H3. The molecule has 0 N–H and O–H groups in total. The fourth-order valence-corrected chi connectivity index (χ4v) is 5.76. The minimum absolute atomic E-state index is 0.0786. The number of rotatable bonds is 9. The van der Waals surface area contributed by atoms with Crippen molar-refractivity contribution in [1.29, 1.82) is 0 Å². The van der Waals surface area contributed by atoms with Crippen LogP contribution in [0.3, 0.4) is 0 Å². The summed E-state index contributed by atoms with van der Waals surface area (Å²) in [4.78, 5) is 37.8. The van der Waals surface area contributed by atoms with Gasteiger partial charge in [0.15, 0.2) is 11.5 Å². The summed E-state index contributed by atoms with van der Waals surface area (Å²) in [7, 11) is 4.63. The van der Waals surface area contributed by atoms with Crippen molar-refractivity contribution < 1.29 is 19.0 Å². The molecular formula is C34H40N4O5. The van der Waals surface area contributed by atoms with Crippen LogP contribution in [0, 0.1) is 12.8 Å². The van der Waals surface area contributed by atoms with Crippen LogP contribution >= 0.6 is 0 Å². The Labute approximate surface area is 252 Å². The molecule has 0 spiro atoms. The van der Waals surface area contributed by atoms with Crippen LogP contribution in [0.15, 0.2) is 65.5 Å². The fourth-order valence-electron chi connectivity index (χ4n) is 5.76. The second-order valence-electron chi connectivity index (χ2n) is 11.3. The number of anilines is 1. The normalized spacial score (nSPS) is 14.2. The minimum Gasteiger partial charge on any atom is -0.493 e. The zero-order valence-electron chi connectivity index (χ0n) is 25.8. The van der Waals surface area contributed by atoms with Crippen molar-refractivity contribution >= 4 is 22.5 Å². The molecule has 43 heavy (non-hydrogen) atoms. The first-order valence-electron chi connectivity index (χ1n) is 14.7. The van der Waals surface area contributed by atoms with E-state index in [9.17, 15) is 9.59 Å². The van der Waals surface area contributed by atoms with Crippen LogP contribution < -0.4 is 24.7 Å². The van der Waals surface area contributed by atoms with Crippen LogP contribution in [-0.4, -0.2) is 67.9 Å². The molecule has 1 atom stereocenters. The van der Waals surface area contributed by atoms with Gasteiger partial charge < -0.3 is 24.0 Å². The number of ether oxygens (including phenoxy) is 3. The zero-order chi connectivity index (χ0) is 30.7. The minimum atomic E-state index is -0.746. The quantitative estimate of drug-likeness (QED) is 0.263. The third kappa shape index (κ3) is 6.02. The molecule has 0 saturated carbocycles. The van der Waals surface area contributed by atoms with E-state index in [0.29, 0.717) is 72.1 Å². The smallest absolute Gasteiger partial charge is 0.262 e. The lowest BCUT2D eigenvalue weighted by Crippen LogP contribution is -2.51. The Morgan fingerprint density at radius 2 is 1.51 bits per heavy atom. The SMILES string of the molecule is COc1cc(-c2nc3ccccc3c(=O)n2C(CC(C)C)C(=O)N2CCN(c3ccc(C)cc3)CC2)cc(OC)c1OC. The Kier molecular flexibility index (Phi) is 8.89. The molecule has 9 nitrogen and oxygen atoms in total. The highest BCUT2D eigenvalue weighted by Gasteiger charge is 2.33. The molecule has 4 aromatic rings. The topological polar surface area (TPSA) is 86.1 Å². The number of aromatic nitrogens is 2. The molecule has 0 radical (unpaired) electrons. The number of piperazine rings is 1. The lowest BCUT2D eigenvalue weighted by Gasteiger charge is -2.38. The number of hydrogen-bond acceptors (Lipinski definition) is 7. The Morgan fingerprint density at radius 1 is 0.884 bits per heavy atom. The van der Waals surface area contributed by atoms with Crippen molar-refractivity contribution in [1.82, 2.24) is 14.5 Å². The van der Waals surface area contributed by atoms with Crippen molar-refractivity contribution in [2.75, 3.05) is 52.4 Å².